The summed E-state index contributed by atoms with van der Waals surface area (Å²) in [6.45, 7) is 2.63. The maximum Gasteiger partial charge on any atom is 0.158 e. The molecule has 0 bridgehead atoms. The average molecular weight is 289 g/mol. The Labute approximate surface area is 114 Å². The van der Waals surface area contributed by atoms with Crippen molar-refractivity contribution in [1.29, 1.82) is 0 Å². The Balaban J connectivity index is 2.50. The van der Waals surface area contributed by atoms with Gasteiger partial charge in [0.1, 0.15) is 11.3 Å². The van der Waals surface area contributed by atoms with Gasteiger partial charge in [0, 0.05) is 48.7 Å². The highest BCUT2D eigenvalue weighted by Crippen LogP contribution is 2.19. The topological polar surface area (TPSA) is 52.7 Å². The van der Waals surface area contributed by atoms with Crippen molar-refractivity contribution in [2.75, 3.05) is 17.9 Å². The highest BCUT2D eigenvalue weighted by molar-refractivity contribution is 7.84. The number of aryl methyl sites for hydroxylation is 4. The summed E-state index contributed by atoms with van der Waals surface area (Å²) in [7, 11) is 1.09. The summed E-state index contributed by atoms with van der Waals surface area (Å²) in [5.41, 5.74) is 2.82. The van der Waals surface area contributed by atoms with E-state index in [1.165, 1.54) is 0 Å². The van der Waals surface area contributed by atoms with E-state index in [0.717, 1.165) is 22.7 Å². The number of nitrogens with zero attached hydrogens (tertiary/aromatic N) is 4. The smallest absolute Gasteiger partial charge is 0.158 e. The molecule has 0 fully saturated rings. The SMILES string of the molecule is Cc1nn(C)c2c1nc(CCCl)n2CCS(C)=O. The second kappa shape index (κ2) is 5.40. The minimum atomic E-state index is -0.816. The van der Waals surface area contributed by atoms with E-state index in [1.54, 1.807) is 6.26 Å². The molecule has 18 heavy (non-hydrogen) atoms. The van der Waals surface area contributed by atoms with Gasteiger partial charge >= 0.3 is 0 Å². The maximum atomic E-state index is 11.3. The number of fused-ring (bicyclic) bond motifs is 1. The van der Waals surface area contributed by atoms with Gasteiger partial charge in [-0.25, -0.2) is 4.98 Å². The van der Waals surface area contributed by atoms with Crippen LogP contribution in [0.4, 0.5) is 0 Å². The Hall–Kier alpha value is -0.880. The molecule has 1 atom stereocenters. The fraction of sp³-hybridized carbons (Fsp3) is 0.636. The first kappa shape index (κ1) is 13.5. The van der Waals surface area contributed by atoms with Gasteiger partial charge in [0.05, 0.1) is 5.69 Å². The summed E-state index contributed by atoms with van der Waals surface area (Å²) >= 11 is 5.81. The van der Waals surface area contributed by atoms with E-state index in [1.807, 2.05) is 18.7 Å². The van der Waals surface area contributed by atoms with Gasteiger partial charge in [0.25, 0.3) is 0 Å². The second-order valence-electron chi connectivity index (χ2n) is 4.28. The summed E-state index contributed by atoms with van der Waals surface area (Å²) in [5.74, 6) is 2.09. The molecule has 0 radical (unpaired) electrons. The van der Waals surface area contributed by atoms with Crippen molar-refractivity contribution in [1.82, 2.24) is 19.3 Å². The molecule has 0 aromatic carbocycles. The first-order chi connectivity index (χ1) is 8.54. The van der Waals surface area contributed by atoms with Crippen LogP contribution < -0.4 is 0 Å². The van der Waals surface area contributed by atoms with Crippen LogP contribution in [0.15, 0.2) is 0 Å². The lowest BCUT2D eigenvalue weighted by molar-refractivity contribution is 0.660. The van der Waals surface area contributed by atoms with Crippen LogP contribution in [0, 0.1) is 6.92 Å². The predicted molar refractivity (Wildman–Crippen MR) is 74.6 cm³/mol. The van der Waals surface area contributed by atoms with Crippen molar-refractivity contribution in [2.24, 2.45) is 7.05 Å². The summed E-state index contributed by atoms with van der Waals surface area (Å²) in [6.07, 6.45) is 2.43. The normalized spacial score (nSPS) is 13.3. The zero-order valence-corrected chi connectivity index (χ0v) is 12.4. The molecule has 0 spiro atoms. The predicted octanol–water partition coefficient (Wildman–Crippen LogP) is 1.24. The van der Waals surface area contributed by atoms with Crippen molar-refractivity contribution in [3.8, 4) is 0 Å². The van der Waals surface area contributed by atoms with Crippen molar-refractivity contribution in [3.05, 3.63) is 11.5 Å². The third-order valence-electron chi connectivity index (χ3n) is 2.89. The third kappa shape index (κ3) is 2.44. The van der Waals surface area contributed by atoms with Gasteiger partial charge < -0.3 is 4.57 Å². The van der Waals surface area contributed by atoms with E-state index in [9.17, 15) is 4.21 Å². The lowest BCUT2D eigenvalue weighted by Crippen LogP contribution is -2.12. The fourth-order valence-corrected chi connectivity index (χ4v) is 2.72. The average Bonchev–Trinajstić information content (AvgIpc) is 2.77. The molecule has 7 heteroatoms. The molecule has 2 rings (SSSR count). The zero-order chi connectivity index (χ0) is 13.3. The van der Waals surface area contributed by atoms with Crippen molar-refractivity contribution < 1.29 is 4.21 Å². The van der Waals surface area contributed by atoms with Gasteiger partial charge in [0.15, 0.2) is 5.65 Å². The van der Waals surface area contributed by atoms with E-state index < -0.39 is 10.8 Å². The van der Waals surface area contributed by atoms with E-state index in [2.05, 4.69) is 14.6 Å². The van der Waals surface area contributed by atoms with Crippen LogP contribution in [0.25, 0.3) is 11.2 Å². The lowest BCUT2D eigenvalue weighted by atomic mass is 10.4. The number of halogens is 1. The Kier molecular flexibility index (Phi) is 4.07. The Morgan fingerprint density at radius 3 is 2.78 bits per heavy atom. The highest BCUT2D eigenvalue weighted by atomic mass is 35.5. The standard InChI is InChI=1S/C11H17ClN4OS/c1-8-10-11(15(2)14-8)16(6-7-18(3)17)9(13-10)4-5-12/h4-7H2,1-3H3. The maximum absolute atomic E-state index is 11.3. The number of hydrogen-bond acceptors (Lipinski definition) is 3. The molecular weight excluding hydrogens is 272 g/mol. The Bertz CT molecular complexity index is 589. The van der Waals surface area contributed by atoms with Crippen LogP contribution >= 0.6 is 11.6 Å². The first-order valence-electron chi connectivity index (χ1n) is 5.79. The van der Waals surface area contributed by atoms with Crippen LogP contribution in [-0.2, 0) is 30.8 Å². The van der Waals surface area contributed by atoms with Crippen LogP contribution in [0.2, 0.25) is 0 Å². The number of rotatable bonds is 5. The molecule has 0 aliphatic rings. The highest BCUT2D eigenvalue weighted by Gasteiger charge is 2.16. The molecule has 0 saturated heterocycles. The molecule has 0 aliphatic heterocycles. The van der Waals surface area contributed by atoms with Crippen molar-refractivity contribution >= 4 is 33.6 Å². The molecule has 100 valence electrons. The summed E-state index contributed by atoms with van der Waals surface area (Å²) in [5, 5.41) is 4.36. The zero-order valence-electron chi connectivity index (χ0n) is 10.8. The third-order valence-corrected chi connectivity index (χ3v) is 3.84. The Morgan fingerprint density at radius 1 is 1.44 bits per heavy atom. The first-order valence-corrected chi connectivity index (χ1v) is 8.05. The molecule has 1 unspecified atom stereocenters. The Morgan fingerprint density at radius 2 is 2.17 bits per heavy atom. The van der Waals surface area contributed by atoms with Crippen LogP contribution in [-0.4, -0.2) is 41.4 Å². The van der Waals surface area contributed by atoms with Crippen molar-refractivity contribution in [3.63, 3.8) is 0 Å². The molecule has 2 aromatic rings. The molecule has 0 amide bonds. The van der Waals surface area contributed by atoms with Gasteiger partial charge in [-0.3, -0.25) is 8.89 Å². The molecule has 2 heterocycles. The largest absolute Gasteiger partial charge is 0.312 e. The molecule has 2 aromatic heterocycles. The second-order valence-corrected chi connectivity index (χ2v) is 6.21. The van der Waals surface area contributed by atoms with Gasteiger partial charge in [-0.1, -0.05) is 0 Å². The van der Waals surface area contributed by atoms with E-state index in [-0.39, 0.29) is 0 Å². The van der Waals surface area contributed by atoms with Gasteiger partial charge in [-0.15, -0.1) is 11.6 Å². The van der Waals surface area contributed by atoms with Crippen LogP contribution in [0.1, 0.15) is 11.5 Å². The summed E-state index contributed by atoms with van der Waals surface area (Å²) in [6, 6.07) is 0. The van der Waals surface area contributed by atoms with E-state index in [0.29, 0.717) is 24.6 Å². The summed E-state index contributed by atoms with van der Waals surface area (Å²) < 4.78 is 15.2. The van der Waals surface area contributed by atoms with Gasteiger partial charge in [-0.05, 0) is 6.92 Å². The van der Waals surface area contributed by atoms with E-state index >= 15 is 0 Å². The molecule has 0 aliphatic carbocycles. The van der Waals surface area contributed by atoms with Gasteiger partial charge in [-0.2, -0.15) is 5.10 Å². The van der Waals surface area contributed by atoms with Gasteiger partial charge in [0.2, 0.25) is 0 Å². The summed E-state index contributed by atoms with van der Waals surface area (Å²) in [4.78, 5) is 4.60. The molecule has 5 nitrogen and oxygen atoms in total. The molecule has 0 saturated carbocycles. The van der Waals surface area contributed by atoms with Crippen molar-refractivity contribution in [2.45, 2.75) is 19.9 Å². The quantitative estimate of drug-likeness (QED) is 0.778. The van der Waals surface area contributed by atoms with E-state index in [4.69, 9.17) is 11.6 Å². The minimum Gasteiger partial charge on any atom is -0.312 e. The number of aromatic nitrogens is 4. The lowest BCUT2D eigenvalue weighted by Gasteiger charge is -2.07. The number of alkyl halides is 1. The molecular formula is C11H17ClN4OS. The van der Waals surface area contributed by atoms with Crippen LogP contribution in [0.3, 0.4) is 0 Å². The van der Waals surface area contributed by atoms with Crippen LogP contribution in [0.5, 0.6) is 0 Å². The minimum absolute atomic E-state index is 0.533. The number of hydrogen-bond donors (Lipinski definition) is 0. The fourth-order valence-electron chi connectivity index (χ4n) is 2.11. The number of imidazole rings is 1. The monoisotopic (exact) mass is 288 g/mol. The molecule has 0 N–H and O–H groups in total.